The molecule has 10 heteroatoms. The summed E-state index contributed by atoms with van der Waals surface area (Å²) in [5.41, 5.74) is 2.95. The third-order valence-electron chi connectivity index (χ3n) is 6.51. The van der Waals surface area contributed by atoms with Gasteiger partial charge in [-0.15, -0.1) is 0 Å². The number of carbonyl (C=O) groups is 2. The van der Waals surface area contributed by atoms with E-state index in [1.54, 1.807) is 36.5 Å². The summed E-state index contributed by atoms with van der Waals surface area (Å²) in [6.45, 7) is 3.22. The van der Waals surface area contributed by atoms with E-state index < -0.39 is 29.6 Å². The van der Waals surface area contributed by atoms with E-state index in [2.05, 4.69) is 20.9 Å². The Hall–Kier alpha value is -3.20. The molecule has 0 amide bonds. The maximum Gasteiger partial charge on any atom is 0.324 e. The molecule has 0 radical (unpaired) electrons. The van der Waals surface area contributed by atoms with Crippen molar-refractivity contribution in [2.45, 2.75) is 32.2 Å². The summed E-state index contributed by atoms with van der Waals surface area (Å²) >= 11 is 16.0. The van der Waals surface area contributed by atoms with E-state index in [0.29, 0.717) is 31.6 Å². The fraction of sp³-hybridized carbons (Fsp3) is 0.241. The molecular weight excluding hydrogens is 609 g/mol. The number of aromatic amines is 1. The third-order valence-corrected chi connectivity index (χ3v) is 7.78. The first kappa shape index (κ1) is 27.4. The van der Waals surface area contributed by atoms with Crippen molar-refractivity contribution in [2.75, 3.05) is 7.11 Å². The second-order valence-electron chi connectivity index (χ2n) is 9.54. The number of halogens is 3. The van der Waals surface area contributed by atoms with Gasteiger partial charge in [0.1, 0.15) is 6.61 Å². The fourth-order valence-corrected chi connectivity index (χ4v) is 5.77. The second-order valence-corrected chi connectivity index (χ2v) is 11.2. The van der Waals surface area contributed by atoms with E-state index in [1.807, 2.05) is 24.3 Å². The summed E-state index contributed by atoms with van der Waals surface area (Å²) < 4.78 is 23.3. The highest BCUT2D eigenvalue weighted by molar-refractivity contribution is 9.10. The topological polar surface area (TPSA) is 86.9 Å². The van der Waals surface area contributed by atoms with Crippen LogP contribution < -0.4 is 9.47 Å². The van der Waals surface area contributed by atoms with Crippen LogP contribution in [-0.4, -0.2) is 29.8 Å². The summed E-state index contributed by atoms with van der Waals surface area (Å²) in [7, 11) is 1.52. The minimum absolute atomic E-state index is 0.167. The van der Waals surface area contributed by atoms with Gasteiger partial charge >= 0.3 is 11.9 Å². The Morgan fingerprint density at radius 3 is 2.41 bits per heavy atom. The number of H-pyrrole nitrogens is 1. The van der Waals surface area contributed by atoms with E-state index >= 15 is 0 Å². The van der Waals surface area contributed by atoms with E-state index in [-0.39, 0.29) is 6.61 Å². The van der Waals surface area contributed by atoms with Gasteiger partial charge in [-0.2, -0.15) is 0 Å². The van der Waals surface area contributed by atoms with Gasteiger partial charge in [0.25, 0.3) is 5.79 Å². The van der Waals surface area contributed by atoms with Crippen molar-refractivity contribution >= 4 is 62.0 Å². The van der Waals surface area contributed by atoms with Crippen LogP contribution in [0.25, 0.3) is 10.9 Å². The van der Waals surface area contributed by atoms with Crippen LogP contribution in [0.2, 0.25) is 10.0 Å². The van der Waals surface area contributed by atoms with Crippen molar-refractivity contribution in [3.8, 4) is 11.5 Å². The quantitative estimate of drug-likeness (QED) is 0.169. The van der Waals surface area contributed by atoms with Crippen LogP contribution in [0.1, 0.15) is 36.5 Å². The van der Waals surface area contributed by atoms with Crippen molar-refractivity contribution in [3.63, 3.8) is 0 Å². The van der Waals surface area contributed by atoms with Gasteiger partial charge in [0.2, 0.25) is 0 Å². The van der Waals surface area contributed by atoms with Gasteiger partial charge in [0.15, 0.2) is 17.4 Å². The average molecular weight is 633 g/mol. The van der Waals surface area contributed by atoms with Gasteiger partial charge in [-0.3, -0.25) is 9.59 Å². The van der Waals surface area contributed by atoms with Crippen LogP contribution in [0, 0.1) is 5.92 Å². The van der Waals surface area contributed by atoms with Crippen molar-refractivity contribution in [2.24, 2.45) is 5.92 Å². The minimum Gasteiger partial charge on any atom is -0.493 e. The fourth-order valence-electron chi connectivity index (χ4n) is 4.73. The lowest BCUT2D eigenvalue weighted by molar-refractivity contribution is -0.240. The Bertz CT molecular complexity index is 1560. The lowest BCUT2D eigenvalue weighted by Gasteiger charge is -2.36. The Kier molecular flexibility index (Phi) is 7.55. The van der Waals surface area contributed by atoms with Crippen LogP contribution in [0.5, 0.6) is 11.5 Å². The highest BCUT2D eigenvalue weighted by atomic mass is 79.9. The number of para-hydroxylation sites is 1. The monoisotopic (exact) mass is 631 g/mol. The lowest BCUT2D eigenvalue weighted by Crippen LogP contribution is -2.48. The van der Waals surface area contributed by atoms with Crippen LogP contribution in [-0.2, 0) is 25.7 Å². The Morgan fingerprint density at radius 2 is 1.72 bits per heavy atom. The molecule has 202 valence electrons. The smallest absolute Gasteiger partial charge is 0.324 e. The maximum absolute atomic E-state index is 13.3. The zero-order valence-corrected chi connectivity index (χ0v) is 24.3. The zero-order chi connectivity index (χ0) is 27.9. The van der Waals surface area contributed by atoms with Gasteiger partial charge < -0.3 is 23.9 Å². The van der Waals surface area contributed by atoms with E-state index in [9.17, 15) is 9.59 Å². The predicted molar refractivity (Wildman–Crippen MR) is 151 cm³/mol. The first-order valence-electron chi connectivity index (χ1n) is 12.0. The molecule has 0 saturated carbocycles. The number of nitrogens with one attached hydrogen (secondary N) is 1. The Morgan fingerprint density at radius 1 is 1.00 bits per heavy atom. The molecule has 1 aromatic heterocycles. The molecule has 0 unspecified atom stereocenters. The van der Waals surface area contributed by atoms with E-state index in [4.69, 9.17) is 42.1 Å². The SMILES string of the molecule is COc1cc([C@@H](c2c[nH]c3ccccc23)C2C(=O)OC(C)(C)OC2=O)c(Br)cc1OCc1ccc(Cl)cc1Cl. The number of methoxy groups -OCH3 is 1. The highest BCUT2D eigenvalue weighted by Crippen LogP contribution is 2.46. The molecule has 2 heterocycles. The first-order chi connectivity index (χ1) is 18.6. The van der Waals surface area contributed by atoms with Gasteiger partial charge in [0, 0.05) is 56.9 Å². The van der Waals surface area contributed by atoms with Gasteiger partial charge in [-0.25, -0.2) is 0 Å². The molecule has 1 aliphatic rings. The number of hydrogen-bond acceptors (Lipinski definition) is 6. The lowest BCUT2D eigenvalue weighted by atomic mass is 9.79. The second kappa shape index (κ2) is 10.8. The van der Waals surface area contributed by atoms with Crippen molar-refractivity contribution < 1.29 is 28.5 Å². The molecule has 1 saturated heterocycles. The molecule has 7 nitrogen and oxygen atoms in total. The number of rotatable bonds is 7. The molecule has 5 rings (SSSR count). The van der Waals surface area contributed by atoms with Crippen molar-refractivity contribution in [1.29, 1.82) is 0 Å². The summed E-state index contributed by atoms with van der Waals surface area (Å²) in [6.07, 6.45) is 1.79. The summed E-state index contributed by atoms with van der Waals surface area (Å²) in [4.78, 5) is 29.8. The van der Waals surface area contributed by atoms with Gasteiger partial charge in [-0.1, -0.05) is 63.4 Å². The number of esters is 2. The summed E-state index contributed by atoms with van der Waals surface area (Å²) in [6, 6.07) is 16.3. The number of benzene rings is 3. The van der Waals surface area contributed by atoms with Crippen LogP contribution >= 0.6 is 39.1 Å². The molecule has 3 aromatic carbocycles. The number of cyclic esters (lactones) is 2. The van der Waals surface area contributed by atoms with Crippen molar-refractivity contribution in [1.82, 2.24) is 4.98 Å². The number of hydrogen-bond donors (Lipinski definition) is 1. The van der Waals surface area contributed by atoms with Gasteiger partial charge in [0.05, 0.1) is 7.11 Å². The zero-order valence-electron chi connectivity index (χ0n) is 21.2. The third kappa shape index (κ3) is 5.46. The molecule has 0 aliphatic carbocycles. The molecule has 1 aliphatic heterocycles. The number of carbonyl (C=O) groups excluding carboxylic acids is 2. The summed E-state index contributed by atoms with van der Waals surface area (Å²) in [5, 5.41) is 1.87. The molecule has 1 N–H and O–H groups in total. The average Bonchev–Trinajstić information content (AvgIpc) is 3.29. The van der Waals surface area contributed by atoms with E-state index in [0.717, 1.165) is 22.0 Å². The standard InChI is InChI=1S/C29H24BrCl2NO6/c1-29(2)38-27(34)26(28(35)39-29)25(19-13-33-22-7-5-4-6-17(19)22)18-11-23(36-3)24(12-20(18)30)37-14-15-8-9-16(31)10-21(15)32/h4-13,25-26,33H,14H2,1-3H3/t25-/m0/s1. The molecule has 1 atom stereocenters. The predicted octanol–water partition coefficient (Wildman–Crippen LogP) is 7.41. The minimum atomic E-state index is -1.36. The van der Waals surface area contributed by atoms with E-state index in [1.165, 1.54) is 21.0 Å². The molecule has 0 bridgehead atoms. The highest BCUT2D eigenvalue weighted by Gasteiger charge is 2.49. The number of ether oxygens (including phenoxy) is 4. The molecule has 1 fully saturated rings. The molecule has 39 heavy (non-hydrogen) atoms. The van der Waals surface area contributed by atoms with Crippen LogP contribution in [0.3, 0.4) is 0 Å². The number of aromatic nitrogens is 1. The number of fused-ring (bicyclic) bond motifs is 1. The first-order valence-corrected chi connectivity index (χ1v) is 13.6. The molecule has 0 spiro atoms. The van der Waals surface area contributed by atoms with Crippen molar-refractivity contribution in [3.05, 3.63) is 92.0 Å². The Balaban J connectivity index is 1.59. The molecular formula is C29H24BrCl2NO6. The largest absolute Gasteiger partial charge is 0.493 e. The van der Waals surface area contributed by atoms with Crippen LogP contribution in [0.4, 0.5) is 0 Å². The van der Waals surface area contributed by atoms with Gasteiger partial charge in [-0.05, 0) is 41.5 Å². The maximum atomic E-state index is 13.3. The Labute approximate surface area is 243 Å². The molecule has 4 aromatic rings. The van der Waals surface area contributed by atoms with Crippen LogP contribution in [0.15, 0.2) is 65.3 Å². The summed E-state index contributed by atoms with van der Waals surface area (Å²) in [5.74, 6) is -3.87. The normalized spacial score (nSPS) is 16.1.